The minimum absolute atomic E-state index is 0.128. The summed E-state index contributed by atoms with van der Waals surface area (Å²) in [5.41, 5.74) is 3.54. The predicted molar refractivity (Wildman–Crippen MR) is 76.8 cm³/mol. The van der Waals surface area contributed by atoms with Crippen molar-refractivity contribution in [3.63, 3.8) is 0 Å². The Morgan fingerprint density at radius 3 is 2.95 bits per heavy atom. The van der Waals surface area contributed by atoms with E-state index in [1.54, 1.807) is 25.1 Å². The van der Waals surface area contributed by atoms with Gasteiger partial charge in [-0.15, -0.1) is 5.10 Å². The highest BCUT2D eigenvalue weighted by Crippen LogP contribution is 2.31. The number of anilines is 1. The molecule has 104 valence electrons. The summed E-state index contributed by atoms with van der Waals surface area (Å²) in [6.07, 6.45) is 1.22. The van der Waals surface area contributed by atoms with Crippen LogP contribution in [0.25, 0.3) is 10.9 Å². The van der Waals surface area contributed by atoms with Crippen LogP contribution in [0.4, 0.5) is 11.4 Å². The Hall–Kier alpha value is -2.70. The third kappa shape index (κ3) is 2.82. The van der Waals surface area contributed by atoms with Crippen molar-refractivity contribution in [2.24, 2.45) is 5.10 Å². The number of pyridine rings is 1. The number of rotatable bonds is 4. The molecule has 7 heteroatoms. The van der Waals surface area contributed by atoms with Crippen LogP contribution in [0, 0.1) is 10.1 Å². The van der Waals surface area contributed by atoms with Gasteiger partial charge in [-0.2, -0.15) is 0 Å². The number of hydrogen-bond donors (Lipinski definition) is 1. The second-order valence-corrected chi connectivity index (χ2v) is 3.97. The van der Waals surface area contributed by atoms with E-state index >= 15 is 0 Å². The van der Waals surface area contributed by atoms with Gasteiger partial charge < -0.3 is 4.74 Å². The summed E-state index contributed by atoms with van der Waals surface area (Å²) in [4.78, 5) is 14.7. The van der Waals surface area contributed by atoms with Gasteiger partial charge in [0.25, 0.3) is 0 Å². The van der Waals surface area contributed by atoms with E-state index in [0.717, 1.165) is 0 Å². The van der Waals surface area contributed by atoms with E-state index in [1.165, 1.54) is 6.20 Å². The number of nitrogens with zero attached hydrogens (tertiary/aromatic N) is 3. The summed E-state index contributed by atoms with van der Waals surface area (Å²) in [6, 6.07) is 7.14. The first-order valence-electron chi connectivity index (χ1n) is 6.08. The maximum atomic E-state index is 11.1. The van der Waals surface area contributed by atoms with Crippen LogP contribution < -0.4 is 5.43 Å². The van der Waals surface area contributed by atoms with Crippen LogP contribution in [0.15, 0.2) is 35.6 Å². The summed E-state index contributed by atoms with van der Waals surface area (Å²) < 4.78 is 5.18. The summed E-state index contributed by atoms with van der Waals surface area (Å²) in [5.74, 6) is 0.405. The summed E-state index contributed by atoms with van der Waals surface area (Å²) in [7, 11) is 0. The Labute approximate surface area is 115 Å². The zero-order valence-electron chi connectivity index (χ0n) is 11.2. The molecule has 0 aliphatic heterocycles. The van der Waals surface area contributed by atoms with Crippen LogP contribution in [0.1, 0.15) is 13.8 Å². The van der Waals surface area contributed by atoms with Crippen molar-refractivity contribution in [1.29, 1.82) is 0 Å². The molecule has 1 aromatic heterocycles. The highest BCUT2D eigenvalue weighted by atomic mass is 16.6. The molecule has 0 unspecified atom stereocenters. The van der Waals surface area contributed by atoms with E-state index in [4.69, 9.17) is 4.74 Å². The molecule has 7 nitrogen and oxygen atoms in total. The molecule has 0 bridgehead atoms. The van der Waals surface area contributed by atoms with E-state index in [-0.39, 0.29) is 5.69 Å². The van der Waals surface area contributed by atoms with Crippen molar-refractivity contribution in [3.05, 3.63) is 40.6 Å². The number of nitro groups is 1. The summed E-state index contributed by atoms with van der Waals surface area (Å²) in [6.45, 7) is 3.99. The molecule has 0 radical (unpaired) electrons. The molecule has 1 aromatic carbocycles. The van der Waals surface area contributed by atoms with Gasteiger partial charge in [-0.1, -0.05) is 18.2 Å². The smallest absolute Gasteiger partial charge is 0.312 e. The predicted octanol–water partition coefficient (Wildman–Crippen LogP) is 2.92. The van der Waals surface area contributed by atoms with Crippen molar-refractivity contribution < 1.29 is 9.66 Å². The fourth-order valence-corrected chi connectivity index (χ4v) is 1.76. The summed E-state index contributed by atoms with van der Waals surface area (Å²) >= 11 is 0. The van der Waals surface area contributed by atoms with Gasteiger partial charge in [-0.3, -0.25) is 15.5 Å². The molecule has 2 aromatic rings. The molecule has 1 N–H and O–H groups in total. The number of aromatic nitrogens is 1. The lowest BCUT2D eigenvalue weighted by Gasteiger charge is -2.07. The Balaban J connectivity index is 2.50. The van der Waals surface area contributed by atoms with E-state index in [1.807, 2.05) is 13.0 Å². The van der Waals surface area contributed by atoms with Crippen LogP contribution in [-0.4, -0.2) is 22.4 Å². The zero-order chi connectivity index (χ0) is 14.5. The maximum absolute atomic E-state index is 11.1. The minimum atomic E-state index is -0.493. The molecule has 0 fully saturated rings. The number of ether oxygens (including phenoxy) is 1. The van der Waals surface area contributed by atoms with Gasteiger partial charge in [-0.05, 0) is 13.0 Å². The van der Waals surface area contributed by atoms with Gasteiger partial charge in [0.1, 0.15) is 11.9 Å². The minimum Gasteiger partial charge on any atom is -0.480 e. The van der Waals surface area contributed by atoms with E-state index in [2.05, 4.69) is 15.5 Å². The maximum Gasteiger partial charge on any atom is 0.312 e. The SMILES string of the molecule is CCO/C(C)=N/Nc1c([N+](=O)[O-])cnc2ccccc12. The van der Waals surface area contributed by atoms with Gasteiger partial charge >= 0.3 is 5.69 Å². The van der Waals surface area contributed by atoms with Crippen molar-refractivity contribution in [3.8, 4) is 0 Å². The molecular weight excluding hydrogens is 260 g/mol. The first-order valence-corrected chi connectivity index (χ1v) is 6.08. The number of hydrazone groups is 1. The number of nitrogens with one attached hydrogen (secondary N) is 1. The van der Waals surface area contributed by atoms with E-state index in [0.29, 0.717) is 29.1 Å². The van der Waals surface area contributed by atoms with E-state index < -0.39 is 4.92 Å². The Kier molecular flexibility index (Phi) is 4.09. The number of hydrogen-bond acceptors (Lipinski definition) is 6. The molecule has 0 aliphatic carbocycles. The standard InChI is InChI=1S/C13H14N4O3/c1-3-20-9(2)15-16-13-10-6-4-5-7-11(10)14-8-12(13)17(18)19/h4-8H,3H2,1-2H3,(H,14,16)/b15-9+. The highest BCUT2D eigenvalue weighted by Gasteiger charge is 2.17. The van der Waals surface area contributed by atoms with Crippen molar-refractivity contribution in [2.75, 3.05) is 12.0 Å². The number of para-hydroxylation sites is 1. The fourth-order valence-electron chi connectivity index (χ4n) is 1.76. The molecule has 2 rings (SSSR count). The largest absolute Gasteiger partial charge is 0.480 e. The lowest BCUT2D eigenvalue weighted by Crippen LogP contribution is -2.04. The first-order chi connectivity index (χ1) is 9.63. The fraction of sp³-hybridized carbons (Fsp3) is 0.231. The molecule has 1 heterocycles. The lowest BCUT2D eigenvalue weighted by atomic mass is 10.2. The van der Waals surface area contributed by atoms with Gasteiger partial charge in [0.05, 0.1) is 17.0 Å². The Bertz CT molecular complexity index is 670. The molecule has 0 saturated carbocycles. The molecule has 0 aliphatic rings. The molecule has 0 saturated heterocycles. The second-order valence-electron chi connectivity index (χ2n) is 3.97. The van der Waals surface area contributed by atoms with Gasteiger partial charge in [0.15, 0.2) is 0 Å². The average Bonchev–Trinajstić information content (AvgIpc) is 2.44. The molecule has 20 heavy (non-hydrogen) atoms. The topological polar surface area (TPSA) is 89.6 Å². The Morgan fingerprint density at radius 1 is 1.50 bits per heavy atom. The Morgan fingerprint density at radius 2 is 2.25 bits per heavy atom. The first kappa shape index (κ1) is 13.7. The van der Waals surface area contributed by atoms with Crippen LogP contribution in [0.2, 0.25) is 0 Å². The molecule has 0 spiro atoms. The highest BCUT2D eigenvalue weighted by molar-refractivity contribution is 5.95. The average molecular weight is 274 g/mol. The summed E-state index contributed by atoms with van der Waals surface area (Å²) in [5, 5.41) is 15.7. The van der Waals surface area contributed by atoms with Gasteiger partial charge in [0.2, 0.25) is 5.90 Å². The lowest BCUT2D eigenvalue weighted by molar-refractivity contribution is -0.384. The van der Waals surface area contributed by atoms with Crippen LogP contribution >= 0.6 is 0 Å². The van der Waals surface area contributed by atoms with Crippen LogP contribution in [0.3, 0.4) is 0 Å². The normalized spacial score (nSPS) is 11.4. The molecule has 0 atom stereocenters. The molecular formula is C13H14N4O3. The zero-order valence-corrected chi connectivity index (χ0v) is 11.2. The monoisotopic (exact) mass is 274 g/mol. The van der Waals surface area contributed by atoms with Gasteiger partial charge in [-0.25, -0.2) is 4.98 Å². The quantitative estimate of drug-likeness (QED) is 0.400. The third-order valence-electron chi connectivity index (χ3n) is 2.63. The number of fused-ring (bicyclic) bond motifs is 1. The van der Waals surface area contributed by atoms with Crippen molar-refractivity contribution in [2.45, 2.75) is 13.8 Å². The molecule has 0 amide bonds. The van der Waals surface area contributed by atoms with Gasteiger partial charge in [0, 0.05) is 12.3 Å². The second kappa shape index (κ2) is 5.96. The third-order valence-corrected chi connectivity index (χ3v) is 2.63. The van der Waals surface area contributed by atoms with Crippen LogP contribution in [-0.2, 0) is 4.74 Å². The van der Waals surface area contributed by atoms with Crippen molar-refractivity contribution >= 4 is 28.2 Å². The van der Waals surface area contributed by atoms with Crippen molar-refractivity contribution in [1.82, 2.24) is 4.98 Å². The number of benzene rings is 1. The van der Waals surface area contributed by atoms with Crippen LogP contribution in [0.5, 0.6) is 0 Å². The van der Waals surface area contributed by atoms with E-state index in [9.17, 15) is 10.1 Å².